The van der Waals surface area contributed by atoms with E-state index in [9.17, 15) is 14.9 Å². The van der Waals surface area contributed by atoms with Gasteiger partial charge in [-0.15, -0.1) is 0 Å². The molecule has 0 aliphatic carbocycles. The van der Waals surface area contributed by atoms with E-state index in [2.05, 4.69) is 4.99 Å². The lowest BCUT2D eigenvalue weighted by atomic mass is 10.1. The highest BCUT2D eigenvalue weighted by Crippen LogP contribution is 2.31. The molecule has 0 unspecified atom stereocenters. The minimum atomic E-state index is -0.665. The van der Waals surface area contributed by atoms with E-state index in [1.807, 2.05) is 18.2 Å². The van der Waals surface area contributed by atoms with Crippen LogP contribution in [-0.2, 0) is 9.53 Å². The van der Waals surface area contributed by atoms with Crippen LogP contribution in [0.25, 0.3) is 17.4 Å². The molecule has 0 saturated heterocycles. The van der Waals surface area contributed by atoms with E-state index in [-0.39, 0.29) is 17.3 Å². The van der Waals surface area contributed by atoms with Gasteiger partial charge in [-0.05, 0) is 37.3 Å². The molecule has 2 heterocycles. The highest BCUT2D eigenvalue weighted by Gasteiger charge is 2.27. The van der Waals surface area contributed by atoms with Crippen LogP contribution < -0.4 is 0 Å². The quantitative estimate of drug-likeness (QED) is 0.257. The van der Waals surface area contributed by atoms with Crippen molar-refractivity contribution in [3.05, 3.63) is 92.3 Å². The Balaban J connectivity index is 1.67. The smallest absolute Gasteiger partial charge is 0.363 e. The van der Waals surface area contributed by atoms with Crippen LogP contribution in [0.1, 0.15) is 16.9 Å². The fourth-order valence-electron chi connectivity index (χ4n) is 2.95. The first-order valence-electron chi connectivity index (χ1n) is 8.55. The van der Waals surface area contributed by atoms with E-state index in [0.29, 0.717) is 27.7 Å². The van der Waals surface area contributed by atoms with Crippen molar-refractivity contribution in [1.82, 2.24) is 0 Å². The molecule has 0 saturated carbocycles. The van der Waals surface area contributed by atoms with Crippen LogP contribution in [0.2, 0.25) is 5.02 Å². The topological polar surface area (TPSA) is 94.9 Å². The van der Waals surface area contributed by atoms with Crippen LogP contribution in [0, 0.1) is 17.0 Å². The van der Waals surface area contributed by atoms with Crippen molar-refractivity contribution in [1.29, 1.82) is 0 Å². The first-order valence-corrected chi connectivity index (χ1v) is 8.93. The van der Waals surface area contributed by atoms with Crippen molar-refractivity contribution in [2.75, 3.05) is 0 Å². The number of aliphatic imine (C=N–C) groups is 1. The molecule has 0 fully saturated rings. The van der Waals surface area contributed by atoms with Crippen molar-refractivity contribution in [2.24, 2.45) is 4.99 Å². The third-order valence-electron chi connectivity index (χ3n) is 4.40. The first kappa shape index (κ1) is 18.6. The van der Waals surface area contributed by atoms with Gasteiger partial charge in [0.05, 0.1) is 9.95 Å². The number of furan rings is 1. The fourth-order valence-corrected chi connectivity index (χ4v) is 3.18. The Hall–Kier alpha value is -3.71. The first-order chi connectivity index (χ1) is 13.9. The summed E-state index contributed by atoms with van der Waals surface area (Å²) in [5.74, 6) is 0.294. The summed E-state index contributed by atoms with van der Waals surface area (Å²) in [7, 11) is 0. The van der Waals surface area contributed by atoms with Gasteiger partial charge < -0.3 is 9.15 Å². The number of carbonyl (C=O) groups excluding carboxylic acids is 1. The van der Waals surface area contributed by atoms with Crippen LogP contribution in [0.15, 0.2) is 69.7 Å². The molecule has 144 valence electrons. The number of nitrogens with zero attached hydrogens (tertiary/aromatic N) is 2. The Morgan fingerprint density at radius 3 is 2.59 bits per heavy atom. The van der Waals surface area contributed by atoms with Gasteiger partial charge in [-0.25, -0.2) is 9.79 Å². The molecule has 0 N–H and O–H groups in total. The summed E-state index contributed by atoms with van der Waals surface area (Å²) in [6.45, 7) is 1.58. The number of nitro benzene ring substituents is 1. The van der Waals surface area contributed by atoms with Crippen LogP contribution >= 0.6 is 11.6 Å². The molecular weight excluding hydrogens is 396 g/mol. The number of ether oxygens (including phenoxy) is 1. The molecule has 29 heavy (non-hydrogen) atoms. The fraction of sp³-hybridized carbons (Fsp3) is 0.0476. The Bertz CT molecular complexity index is 1210. The second kappa shape index (κ2) is 7.37. The number of rotatable bonds is 4. The van der Waals surface area contributed by atoms with Crippen molar-refractivity contribution in [3.8, 4) is 11.3 Å². The molecule has 8 heteroatoms. The van der Waals surface area contributed by atoms with Gasteiger partial charge in [0.25, 0.3) is 5.69 Å². The molecule has 0 spiro atoms. The number of hydrogen-bond donors (Lipinski definition) is 0. The maximum absolute atomic E-state index is 12.2. The molecule has 0 radical (unpaired) electrons. The average Bonchev–Trinajstić information content (AvgIpc) is 3.29. The summed E-state index contributed by atoms with van der Waals surface area (Å²) >= 11 is 6.18. The lowest BCUT2D eigenvalue weighted by molar-refractivity contribution is -0.385. The molecule has 4 rings (SSSR count). The van der Waals surface area contributed by atoms with Crippen LogP contribution in [0.4, 0.5) is 5.69 Å². The normalized spacial score (nSPS) is 14.8. The second-order valence-electron chi connectivity index (χ2n) is 6.22. The molecule has 0 atom stereocenters. The molecule has 7 nitrogen and oxygen atoms in total. The zero-order valence-corrected chi connectivity index (χ0v) is 15.8. The Labute approximate surface area is 170 Å². The molecule has 2 aromatic carbocycles. The summed E-state index contributed by atoms with van der Waals surface area (Å²) in [5.41, 5.74) is 1.43. The van der Waals surface area contributed by atoms with E-state index in [4.69, 9.17) is 20.8 Å². The van der Waals surface area contributed by atoms with E-state index >= 15 is 0 Å². The van der Waals surface area contributed by atoms with Gasteiger partial charge in [-0.3, -0.25) is 10.1 Å². The van der Waals surface area contributed by atoms with Crippen molar-refractivity contribution in [3.63, 3.8) is 0 Å². The molecule has 3 aromatic rings. The molecule has 0 amide bonds. The number of esters is 1. The summed E-state index contributed by atoms with van der Waals surface area (Å²) in [5, 5.41) is 11.7. The minimum Gasteiger partial charge on any atom is -0.457 e. The second-order valence-corrected chi connectivity index (χ2v) is 6.63. The monoisotopic (exact) mass is 408 g/mol. The van der Waals surface area contributed by atoms with Crippen LogP contribution in [-0.4, -0.2) is 16.8 Å². The van der Waals surface area contributed by atoms with Gasteiger partial charge in [0.15, 0.2) is 5.70 Å². The maximum atomic E-state index is 12.2. The molecule has 1 aliphatic rings. The third kappa shape index (κ3) is 3.55. The number of benzene rings is 2. The SMILES string of the molecule is Cc1c(C2=N/C(=C\c3ccc(-c4ccccc4Cl)o3)C(=O)O2)cccc1[N+](=O)[O-]. The number of halogens is 1. The Kier molecular flexibility index (Phi) is 4.74. The van der Waals surface area contributed by atoms with Gasteiger partial charge in [-0.2, -0.15) is 0 Å². The standard InChI is InChI=1S/C21H13ClN2O5/c1-12-14(6-4-8-18(12)24(26)27)20-23-17(21(25)29-20)11-13-9-10-19(28-13)15-5-2-3-7-16(15)22/h2-11H,1H3/b17-11-. The van der Waals surface area contributed by atoms with Crippen molar-refractivity contribution < 1.29 is 18.9 Å². The number of nitro groups is 1. The number of hydrogen-bond acceptors (Lipinski definition) is 6. The highest BCUT2D eigenvalue weighted by molar-refractivity contribution is 6.33. The number of carbonyl (C=O) groups is 1. The van der Waals surface area contributed by atoms with Crippen LogP contribution in [0.3, 0.4) is 0 Å². The zero-order chi connectivity index (χ0) is 20.5. The molecule has 1 aromatic heterocycles. The largest absolute Gasteiger partial charge is 0.457 e. The number of cyclic esters (lactones) is 1. The summed E-state index contributed by atoms with van der Waals surface area (Å²) in [6.07, 6.45) is 1.45. The van der Waals surface area contributed by atoms with Gasteiger partial charge in [0.1, 0.15) is 11.5 Å². The van der Waals surface area contributed by atoms with Gasteiger partial charge in [-0.1, -0.05) is 29.8 Å². The van der Waals surface area contributed by atoms with E-state index < -0.39 is 10.9 Å². The minimum absolute atomic E-state index is 0.0142. The van der Waals surface area contributed by atoms with Crippen molar-refractivity contribution >= 4 is 35.2 Å². The summed E-state index contributed by atoms with van der Waals surface area (Å²) < 4.78 is 11.0. The van der Waals surface area contributed by atoms with Gasteiger partial charge >= 0.3 is 5.97 Å². The molecular formula is C21H13ClN2O5. The van der Waals surface area contributed by atoms with Gasteiger partial charge in [0.2, 0.25) is 5.90 Å². The maximum Gasteiger partial charge on any atom is 0.363 e. The summed E-state index contributed by atoms with van der Waals surface area (Å²) in [6, 6.07) is 15.2. The lowest BCUT2D eigenvalue weighted by Crippen LogP contribution is -2.08. The van der Waals surface area contributed by atoms with Gasteiger partial charge in [0, 0.05) is 28.8 Å². The van der Waals surface area contributed by atoms with E-state index in [1.54, 1.807) is 31.2 Å². The third-order valence-corrected chi connectivity index (χ3v) is 4.73. The van der Waals surface area contributed by atoms with Crippen LogP contribution in [0.5, 0.6) is 0 Å². The van der Waals surface area contributed by atoms with Crippen molar-refractivity contribution in [2.45, 2.75) is 6.92 Å². The van der Waals surface area contributed by atoms with E-state index in [1.165, 1.54) is 18.2 Å². The Morgan fingerprint density at radius 1 is 1.07 bits per heavy atom. The highest BCUT2D eigenvalue weighted by atomic mass is 35.5. The molecule has 0 bridgehead atoms. The predicted molar refractivity (Wildman–Crippen MR) is 108 cm³/mol. The molecule has 1 aliphatic heterocycles. The Morgan fingerprint density at radius 2 is 1.83 bits per heavy atom. The average molecular weight is 409 g/mol. The summed E-state index contributed by atoms with van der Waals surface area (Å²) in [4.78, 5) is 27.0. The predicted octanol–water partition coefficient (Wildman–Crippen LogP) is 5.16. The van der Waals surface area contributed by atoms with E-state index in [0.717, 1.165) is 5.56 Å². The lowest BCUT2D eigenvalue weighted by Gasteiger charge is -2.04. The zero-order valence-electron chi connectivity index (χ0n) is 15.1.